The number of rotatable bonds is 30. The van der Waals surface area contributed by atoms with Gasteiger partial charge in [0.05, 0.1) is 61.5 Å². The summed E-state index contributed by atoms with van der Waals surface area (Å²) in [6.45, 7) is 3.74. The molecule has 0 aliphatic carbocycles. The van der Waals surface area contributed by atoms with Crippen LogP contribution in [0.25, 0.3) is 43.8 Å². The lowest BCUT2D eigenvalue weighted by molar-refractivity contribution is -0.435. The van der Waals surface area contributed by atoms with Crippen molar-refractivity contribution >= 4 is 139 Å². The lowest BCUT2D eigenvalue weighted by Gasteiger charge is -2.27. The van der Waals surface area contributed by atoms with Gasteiger partial charge in [0.25, 0.3) is 94.5 Å². The second-order valence-electron chi connectivity index (χ2n) is 24.4. The Morgan fingerprint density at radius 2 is 0.873 bits per heavy atom. The Morgan fingerprint density at radius 1 is 0.480 bits per heavy atom. The van der Waals surface area contributed by atoms with Crippen molar-refractivity contribution in [3.05, 3.63) is 131 Å². The number of aromatic nitrogens is 2. The summed E-state index contributed by atoms with van der Waals surface area (Å²) in [7, 11) is -33.4. The van der Waals surface area contributed by atoms with E-state index in [0.29, 0.717) is 5.56 Å². The Hall–Kier alpha value is -8.63. The highest BCUT2D eigenvalue weighted by Crippen LogP contribution is 2.54. The molecule has 6 aromatic rings. The molecular weight excluding hydrogens is 1490 g/mol. The number of nitrogens with zero attached hydrogens (tertiary/aromatic N) is 4. The van der Waals surface area contributed by atoms with Gasteiger partial charge in [-0.25, -0.2) is 9.97 Å². The summed E-state index contributed by atoms with van der Waals surface area (Å²) in [6.07, 6.45) is 3.41. The number of hydrogen-bond donors (Lipinski definition) is 12. The van der Waals surface area contributed by atoms with Crippen LogP contribution in [0.3, 0.4) is 0 Å². The first-order valence-corrected chi connectivity index (χ1v) is 41.0. The molecule has 2 aliphatic heterocycles. The summed E-state index contributed by atoms with van der Waals surface area (Å²) in [5.41, 5.74) is -3.15. The maximum absolute atomic E-state index is 13.7. The first-order chi connectivity index (χ1) is 46.9. The van der Waals surface area contributed by atoms with Crippen molar-refractivity contribution in [2.24, 2.45) is 0 Å². The van der Waals surface area contributed by atoms with Crippen LogP contribution >= 0.6 is 0 Å². The van der Waals surface area contributed by atoms with Gasteiger partial charge in [-0.1, -0.05) is 32.1 Å². The number of benzene rings is 4. The first-order valence-electron chi connectivity index (χ1n) is 30.1. The van der Waals surface area contributed by atoms with Crippen molar-refractivity contribution in [3.8, 4) is 22.3 Å². The summed E-state index contributed by atoms with van der Waals surface area (Å²) in [6, 6.07) is 14.5. The molecule has 42 heteroatoms. The summed E-state index contributed by atoms with van der Waals surface area (Å²) >= 11 is 0. The molecule has 0 atom stereocenters. The Balaban J connectivity index is 1.38. The van der Waals surface area contributed by atoms with Crippen LogP contribution in [-0.2, 0) is 86.5 Å². The summed E-state index contributed by atoms with van der Waals surface area (Å²) in [4.78, 5) is 74.9. The minimum absolute atomic E-state index is 0.00280. The predicted octanol–water partition coefficient (Wildman–Crippen LogP) is 2.84. The van der Waals surface area contributed by atoms with E-state index < -0.39 is 205 Å². The SMILES string of the molecule is CC1(C)C(/C=C/C=C2/N(CCCS(=O)(=O)O)c3c(cc(-c4cc(C(=O)NCCC(=O)O)nc(C(=O)NCCS(=O)(=O)O)c4)c4ccc(S(=O)(=O)O)cc34)C2(C)C)=[N+](CCCS(=O)(=O)O)c2c1cc(-c1cc(C(=O)NCCS(=O)(=O)O)nc(C(=O)NCCS(=O)(=O)O)c1)c1ccc(S(=O)(=O)O)cc21. The standard InChI is InChI=1S/C60H66N8O27S7/c1-59(2)44-32-40(34-26-46(55(71)61-15-14-52(69)70)65-47(27-34)56(72)62-16-23-98(81,82)83)38-12-10-36(101(90,91)92)30-42(38)53(44)67(19-6-21-96(75,76)77)50(59)8-5-9-51-60(3,4)45-33-41(39-13-11-37(102(93,94)95)31-43(39)54(45)68(51)20-7-22-97(78,79)80)35-28-48(57(73)63-17-24-99(84,85)86)66-49(29-35)58(74)64-18-25-100(87,88)89/h5,8-13,26-33H,6-7,14-25H2,1-4H3,(H11-,61,62,63,64,69,70,71,72,73,74,75,76,77,78,79,80,81,82,83,84,85,86,87,88,89,90,91,92,93,94,95)/p+1. The van der Waals surface area contributed by atoms with E-state index in [9.17, 15) is 120 Å². The smallest absolute Gasteiger partial charge is 0.305 e. The zero-order valence-electron chi connectivity index (χ0n) is 54.0. The molecule has 0 saturated heterocycles. The molecule has 8 rings (SSSR count). The van der Waals surface area contributed by atoms with Gasteiger partial charge < -0.3 is 31.3 Å². The molecule has 4 amide bonds. The van der Waals surface area contributed by atoms with Gasteiger partial charge in [-0.2, -0.15) is 63.5 Å². The number of anilines is 1. The highest BCUT2D eigenvalue weighted by Gasteiger charge is 2.47. The average Bonchev–Trinajstić information content (AvgIpc) is 1.54. The molecule has 0 fully saturated rings. The summed E-state index contributed by atoms with van der Waals surface area (Å²) < 4.78 is 242. The molecule has 4 aromatic carbocycles. The van der Waals surface area contributed by atoms with E-state index >= 15 is 0 Å². The van der Waals surface area contributed by atoms with Gasteiger partial charge in [0, 0.05) is 67.3 Å². The molecular formula is C60H67N8O27S7+. The zero-order valence-corrected chi connectivity index (χ0v) is 59.8. The Bertz CT molecular complexity index is 5400. The lowest BCUT2D eigenvalue weighted by Crippen LogP contribution is -2.32. The van der Waals surface area contributed by atoms with Crippen molar-refractivity contribution < 1.29 is 124 Å². The molecule has 102 heavy (non-hydrogen) atoms. The number of hydrogen-bond acceptors (Lipinski definition) is 22. The molecule has 0 bridgehead atoms. The molecule has 2 aromatic heterocycles. The minimum atomic E-state index is -5.07. The number of aliphatic carboxylic acids is 1. The van der Waals surface area contributed by atoms with E-state index in [4.69, 9.17) is 0 Å². The predicted molar refractivity (Wildman–Crippen MR) is 367 cm³/mol. The molecule has 4 heterocycles. The van der Waals surface area contributed by atoms with Crippen molar-refractivity contribution in [2.75, 3.05) is 72.9 Å². The molecule has 2 aliphatic rings. The van der Waals surface area contributed by atoms with Crippen LogP contribution in [0.5, 0.6) is 0 Å². The van der Waals surface area contributed by atoms with Crippen LogP contribution in [-0.4, -0.2) is 214 Å². The van der Waals surface area contributed by atoms with Crippen LogP contribution in [0, 0.1) is 0 Å². The van der Waals surface area contributed by atoms with Gasteiger partial charge in [0.15, 0.2) is 5.71 Å². The van der Waals surface area contributed by atoms with Crippen LogP contribution < -0.4 is 26.2 Å². The number of carbonyl (C=O) groups is 5. The highest BCUT2D eigenvalue weighted by atomic mass is 32.2. The van der Waals surface area contributed by atoms with Crippen LogP contribution in [0.4, 0.5) is 11.4 Å². The van der Waals surface area contributed by atoms with Crippen LogP contribution in [0.2, 0.25) is 0 Å². The quantitative estimate of drug-likeness (QED) is 0.0228. The zero-order chi connectivity index (χ0) is 75.8. The van der Waals surface area contributed by atoms with Gasteiger partial charge in [0.2, 0.25) is 5.69 Å². The van der Waals surface area contributed by atoms with Crippen LogP contribution in [0.15, 0.2) is 107 Å². The van der Waals surface area contributed by atoms with E-state index in [2.05, 4.69) is 31.2 Å². The van der Waals surface area contributed by atoms with Crippen molar-refractivity contribution in [3.63, 3.8) is 0 Å². The molecule has 0 saturated carbocycles. The van der Waals surface area contributed by atoms with E-state index in [1.807, 2.05) is 0 Å². The minimum Gasteiger partial charge on any atom is -0.481 e. The van der Waals surface area contributed by atoms with Crippen molar-refractivity contribution in [2.45, 2.75) is 67.6 Å². The Labute approximate surface area is 584 Å². The molecule has 0 unspecified atom stereocenters. The fraction of sp³-hybridized carbons (Fsp3) is 0.333. The monoisotopic (exact) mass is 1560 g/mol. The third-order valence-electron chi connectivity index (χ3n) is 16.3. The number of fused-ring (bicyclic) bond motifs is 6. The fourth-order valence-electron chi connectivity index (χ4n) is 11.8. The van der Waals surface area contributed by atoms with E-state index in [1.54, 1.807) is 61.5 Å². The van der Waals surface area contributed by atoms with E-state index in [1.165, 1.54) is 30.3 Å². The second kappa shape index (κ2) is 29.6. The normalized spacial score (nSPS) is 15.2. The summed E-state index contributed by atoms with van der Waals surface area (Å²) in [5, 5.41) is 18.7. The third-order valence-corrected chi connectivity index (χ3v) is 21.8. The fourth-order valence-corrected chi connectivity index (χ4v) is 14.9. The largest absolute Gasteiger partial charge is 0.481 e. The third kappa shape index (κ3) is 19.4. The number of carboxylic acids is 1. The first kappa shape index (κ1) is 79.1. The second-order valence-corrected chi connectivity index (χ2v) is 35.1. The van der Waals surface area contributed by atoms with Gasteiger partial charge in [-0.15, -0.1) is 0 Å². The summed E-state index contributed by atoms with van der Waals surface area (Å²) in [5.74, 6) is -10.1. The van der Waals surface area contributed by atoms with Crippen molar-refractivity contribution in [1.29, 1.82) is 0 Å². The van der Waals surface area contributed by atoms with Crippen molar-refractivity contribution in [1.82, 2.24) is 31.2 Å². The number of carboxylic acid groups (broad SMARTS) is 1. The molecule has 35 nitrogen and oxygen atoms in total. The van der Waals surface area contributed by atoms with Gasteiger partial charge in [-0.3, -0.25) is 55.8 Å². The van der Waals surface area contributed by atoms with Gasteiger partial charge in [-0.05, 0) is 126 Å². The van der Waals surface area contributed by atoms with Gasteiger partial charge >= 0.3 is 5.97 Å². The van der Waals surface area contributed by atoms with E-state index in [-0.39, 0.29) is 98.1 Å². The molecule has 0 spiro atoms. The number of amides is 4. The maximum Gasteiger partial charge on any atom is 0.305 e. The lowest BCUT2D eigenvalue weighted by atomic mass is 9.79. The number of pyridine rings is 2. The average molecular weight is 1560 g/mol. The number of carbonyl (C=O) groups excluding carboxylic acids is 4. The Kier molecular flexibility index (Phi) is 23.0. The number of allylic oxidation sites excluding steroid dienone is 4. The number of nitrogens with one attached hydrogen (secondary N) is 4. The molecule has 0 radical (unpaired) electrons. The molecule has 550 valence electrons. The molecule has 12 N–H and O–H groups in total. The van der Waals surface area contributed by atoms with Gasteiger partial charge in [0.1, 0.15) is 29.3 Å². The maximum atomic E-state index is 13.7. The van der Waals surface area contributed by atoms with Crippen LogP contribution in [0.1, 0.15) is 100 Å². The Morgan fingerprint density at radius 3 is 1.28 bits per heavy atom. The highest BCUT2D eigenvalue weighted by molar-refractivity contribution is 7.87. The topological polar surface area (TPSA) is 566 Å². The van der Waals surface area contributed by atoms with E-state index in [0.717, 1.165) is 36.4 Å².